The Morgan fingerprint density at radius 1 is 1.25 bits per heavy atom. The van der Waals surface area contributed by atoms with Gasteiger partial charge >= 0.3 is 6.18 Å². The van der Waals surface area contributed by atoms with E-state index in [9.17, 15) is 26.7 Å². The minimum atomic E-state index is -5.14. The normalized spacial score (nSPS) is 13.6. The van der Waals surface area contributed by atoms with Crippen LogP contribution in [0.5, 0.6) is 0 Å². The van der Waals surface area contributed by atoms with E-state index in [2.05, 4.69) is 15.9 Å². The van der Waals surface area contributed by atoms with E-state index >= 15 is 0 Å². The molecule has 0 unspecified atom stereocenters. The number of alkyl halides is 4. The average Bonchev–Trinajstić information content (AvgIpc) is 2.14. The summed E-state index contributed by atoms with van der Waals surface area (Å²) < 4.78 is 63.0. The highest BCUT2D eigenvalue weighted by Gasteiger charge is 2.39. The predicted octanol–water partition coefficient (Wildman–Crippen LogP) is 3.62. The van der Waals surface area contributed by atoms with E-state index in [4.69, 9.17) is 0 Å². The lowest BCUT2D eigenvalue weighted by Crippen LogP contribution is -2.13. The minimum absolute atomic E-state index is 0.205. The van der Waals surface area contributed by atoms with Crippen molar-refractivity contribution in [2.24, 2.45) is 0 Å². The van der Waals surface area contributed by atoms with Crippen LogP contribution in [0.1, 0.15) is 16.0 Å². The van der Waals surface area contributed by atoms with Crippen molar-refractivity contribution in [3.63, 3.8) is 0 Å². The summed E-state index contributed by atoms with van der Waals surface area (Å²) in [7, 11) is 0. The zero-order chi connectivity index (χ0) is 12.5. The molecule has 0 bridgehead atoms. The number of rotatable bonds is 2. The van der Waals surface area contributed by atoms with E-state index in [1.807, 2.05) is 0 Å². The molecule has 0 saturated carbocycles. The van der Waals surface area contributed by atoms with Crippen molar-refractivity contribution in [2.45, 2.75) is 11.0 Å². The van der Waals surface area contributed by atoms with Crippen LogP contribution < -0.4 is 0 Å². The maximum Gasteiger partial charge on any atom is 0.422 e. The first kappa shape index (κ1) is 13.1. The van der Waals surface area contributed by atoms with Gasteiger partial charge in [-0.1, -0.05) is 22.0 Å². The molecular formula is C9H4BrF5O. The first-order valence-corrected chi connectivity index (χ1v) is 4.85. The van der Waals surface area contributed by atoms with Gasteiger partial charge in [-0.25, -0.2) is 8.78 Å². The summed E-state index contributed by atoms with van der Waals surface area (Å²) in [5.41, 5.74) is -2.54. The number of hydrogen-bond donors (Lipinski definition) is 0. The third-order valence-corrected chi connectivity index (χ3v) is 2.53. The molecule has 16 heavy (non-hydrogen) atoms. The van der Waals surface area contributed by atoms with Gasteiger partial charge in [0, 0.05) is 5.56 Å². The zero-order valence-corrected chi connectivity index (χ0v) is 9.07. The van der Waals surface area contributed by atoms with E-state index in [0.29, 0.717) is 6.07 Å². The number of aldehydes is 1. The smallest absolute Gasteiger partial charge is 0.302 e. The van der Waals surface area contributed by atoms with Gasteiger partial charge in [-0.3, -0.25) is 0 Å². The van der Waals surface area contributed by atoms with Crippen molar-refractivity contribution in [2.75, 3.05) is 0 Å². The highest BCUT2D eigenvalue weighted by atomic mass is 79.9. The van der Waals surface area contributed by atoms with Crippen LogP contribution in [0.3, 0.4) is 0 Å². The van der Waals surface area contributed by atoms with Gasteiger partial charge in [0.05, 0.1) is 4.83 Å². The Kier molecular flexibility index (Phi) is 3.67. The molecule has 0 heterocycles. The number of carbonyl (C=O) groups excluding carboxylic acids is 1. The average molecular weight is 303 g/mol. The molecule has 0 aliphatic carbocycles. The monoisotopic (exact) mass is 302 g/mol. The number of hydrogen-bond acceptors (Lipinski definition) is 1. The summed E-state index contributed by atoms with van der Waals surface area (Å²) in [6.45, 7) is 0. The van der Waals surface area contributed by atoms with Gasteiger partial charge in [0.1, 0.15) is 23.5 Å². The molecule has 1 aromatic rings. The van der Waals surface area contributed by atoms with Gasteiger partial charge in [-0.05, 0) is 6.07 Å². The second-order valence-electron chi connectivity index (χ2n) is 2.86. The van der Waals surface area contributed by atoms with Crippen molar-refractivity contribution in [3.8, 4) is 0 Å². The molecule has 0 aromatic heterocycles. The Morgan fingerprint density at radius 3 is 2.25 bits per heavy atom. The molecule has 0 amide bonds. The SMILES string of the molecule is O=C[C@@H](Br)c1ccc(F)c(C(F)(F)F)c1F. The van der Waals surface area contributed by atoms with Crippen molar-refractivity contribution in [1.29, 1.82) is 0 Å². The Balaban J connectivity index is 3.44. The van der Waals surface area contributed by atoms with Crippen molar-refractivity contribution < 1.29 is 26.7 Å². The molecule has 0 N–H and O–H groups in total. The fourth-order valence-electron chi connectivity index (χ4n) is 1.11. The molecule has 0 radical (unpaired) electrons. The lowest BCUT2D eigenvalue weighted by molar-refractivity contribution is -0.142. The van der Waals surface area contributed by atoms with Crippen molar-refractivity contribution >= 4 is 22.2 Å². The first-order valence-electron chi connectivity index (χ1n) is 3.93. The van der Waals surface area contributed by atoms with Gasteiger partial charge in [-0.2, -0.15) is 13.2 Å². The topological polar surface area (TPSA) is 17.1 Å². The van der Waals surface area contributed by atoms with E-state index in [-0.39, 0.29) is 6.29 Å². The van der Waals surface area contributed by atoms with Gasteiger partial charge in [0.2, 0.25) is 0 Å². The molecular weight excluding hydrogens is 299 g/mol. The standard InChI is InChI=1S/C9H4BrF5O/c10-5(3-16)4-1-2-6(11)7(8(4)12)9(13,14)15/h1-3,5H/t5-/m1/s1. The van der Waals surface area contributed by atoms with Gasteiger partial charge in [-0.15, -0.1) is 0 Å². The third kappa shape index (κ3) is 2.40. The maximum absolute atomic E-state index is 13.3. The van der Waals surface area contributed by atoms with Crippen molar-refractivity contribution in [1.82, 2.24) is 0 Å². The number of carbonyl (C=O) groups is 1. The third-order valence-electron chi connectivity index (χ3n) is 1.82. The highest BCUT2D eigenvalue weighted by molar-refractivity contribution is 9.09. The molecule has 0 saturated heterocycles. The molecule has 1 aromatic carbocycles. The van der Waals surface area contributed by atoms with Crippen LogP contribution in [0, 0.1) is 11.6 Å². The van der Waals surface area contributed by atoms with Gasteiger partial charge in [0.25, 0.3) is 0 Å². The molecule has 0 fully saturated rings. The first-order chi connectivity index (χ1) is 7.29. The Labute approximate surface area is 95.4 Å². The highest BCUT2D eigenvalue weighted by Crippen LogP contribution is 2.36. The zero-order valence-electron chi connectivity index (χ0n) is 7.49. The Morgan fingerprint density at radius 2 is 1.81 bits per heavy atom. The van der Waals surface area contributed by atoms with Crippen LogP contribution in [0.2, 0.25) is 0 Å². The molecule has 1 nitrogen and oxygen atoms in total. The summed E-state index contributed by atoms with van der Waals surface area (Å²) in [6.07, 6.45) is -4.93. The summed E-state index contributed by atoms with van der Waals surface area (Å²) in [5.74, 6) is -3.49. The van der Waals surface area contributed by atoms with Gasteiger partial charge < -0.3 is 4.79 Å². The number of benzene rings is 1. The predicted molar refractivity (Wildman–Crippen MR) is 49.1 cm³/mol. The summed E-state index contributed by atoms with van der Waals surface area (Å²) in [4.78, 5) is 9.07. The Hall–Kier alpha value is -0.980. The van der Waals surface area contributed by atoms with E-state index in [1.165, 1.54) is 0 Å². The van der Waals surface area contributed by atoms with Crippen LogP contribution in [0.15, 0.2) is 12.1 Å². The van der Waals surface area contributed by atoms with Crippen LogP contribution >= 0.6 is 15.9 Å². The molecule has 88 valence electrons. The van der Waals surface area contributed by atoms with Crippen molar-refractivity contribution in [3.05, 3.63) is 34.9 Å². The van der Waals surface area contributed by atoms with Crippen LogP contribution in [0.25, 0.3) is 0 Å². The minimum Gasteiger partial charge on any atom is -0.302 e. The molecule has 0 aliphatic rings. The summed E-state index contributed by atoms with van der Waals surface area (Å²) in [6, 6.07) is 1.26. The van der Waals surface area contributed by atoms with E-state index in [0.717, 1.165) is 6.07 Å². The fourth-order valence-corrected chi connectivity index (χ4v) is 1.47. The van der Waals surface area contributed by atoms with E-state index < -0.39 is 33.8 Å². The molecule has 1 rings (SSSR count). The molecule has 0 aliphatic heterocycles. The second kappa shape index (κ2) is 4.48. The van der Waals surface area contributed by atoms with E-state index in [1.54, 1.807) is 0 Å². The summed E-state index contributed by atoms with van der Waals surface area (Å²) >= 11 is 2.66. The second-order valence-corrected chi connectivity index (χ2v) is 3.85. The lowest BCUT2D eigenvalue weighted by Gasteiger charge is -2.12. The fraction of sp³-hybridized carbons (Fsp3) is 0.222. The van der Waals surface area contributed by atoms with Crippen LogP contribution in [0.4, 0.5) is 22.0 Å². The molecule has 1 atom stereocenters. The maximum atomic E-state index is 13.3. The lowest BCUT2D eigenvalue weighted by atomic mass is 10.1. The molecule has 7 heteroatoms. The largest absolute Gasteiger partial charge is 0.422 e. The molecule has 0 spiro atoms. The summed E-state index contributed by atoms with van der Waals surface area (Å²) in [5, 5.41) is 0. The quantitative estimate of drug-likeness (QED) is 0.463. The van der Waals surface area contributed by atoms with Crippen LogP contribution in [-0.2, 0) is 11.0 Å². The van der Waals surface area contributed by atoms with Gasteiger partial charge in [0.15, 0.2) is 0 Å². The van der Waals surface area contributed by atoms with Crippen LogP contribution in [-0.4, -0.2) is 6.29 Å². The number of halogens is 6. The Bertz CT molecular complexity index is 415.